The van der Waals surface area contributed by atoms with Crippen molar-refractivity contribution in [3.63, 3.8) is 0 Å². The number of benzene rings is 2. The molecule has 2 aromatic carbocycles. The molecule has 0 aliphatic heterocycles. The number of hydrogen-bond acceptors (Lipinski definition) is 3. The van der Waals surface area contributed by atoms with Crippen molar-refractivity contribution >= 4 is 5.69 Å². The van der Waals surface area contributed by atoms with E-state index in [4.69, 9.17) is 10.5 Å². The highest BCUT2D eigenvalue weighted by atomic mass is 19.1. The fourth-order valence-electron chi connectivity index (χ4n) is 2.14. The molecule has 3 rings (SSSR count). The van der Waals surface area contributed by atoms with Gasteiger partial charge in [0.2, 0.25) is 0 Å². The first-order valence-electron chi connectivity index (χ1n) is 6.90. The van der Waals surface area contributed by atoms with Crippen molar-refractivity contribution < 1.29 is 9.13 Å². The van der Waals surface area contributed by atoms with Gasteiger partial charge in [0.15, 0.2) is 5.82 Å². The maximum absolute atomic E-state index is 13.9. The third-order valence-corrected chi connectivity index (χ3v) is 3.22. The Morgan fingerprint density at radius 1 is 1.00 bits per heavy atom. The zero-order chi connectivity index (χ0) is 15.4. The highest BCUT2D eigenvalue weighted by molar-refractivity contribution is 5.63. The second kappa shape index (κ2) is 6.26. The highest BCUT2D eigenvalue weighted by Gasteiger charge is 2.08. The van der Waals surface area contributed by atoms with Gasteiger partial charge in [-0.05, 0) is 17.7 Å². The van der Waals surface area contributed by atoms with Gasteiger partial charge >= 0.3 is 0 Å². The summed E-state index contributed by atoms with van der Waals surface area (Å²) in [6.45, 7) is 0.460. The van der Waals surface area contributed by atoms with Crippen molar-refractivity contribution in [2.24, 2.45) is 0 Å². The lowest BCUT2D eigenvalue weighted by Crippen LogP contribution is -1.96. The molecule has 1 aromatic heterocycles. The fourth-order valence-corrected chi connectivity index (χ4v) is 2.14. The lowest BCUT2D eigenvalue weighted by Gasteiger charge is -2.09. The SMILES string of the molecule is Nc1cnc(-c2cccc(OCc3ccccc3)c2)c(F)c1. The van der Waals surface area contributed by atoms with Crippen LogP contribution in [0.2, 0.25) is 0 Å². The van der Waals surface area contributed by atoms with Crippen molar-refractivity contribution in [2.45, 2.75) is 6.61 Å². The zero-order valence-corrected chi connectivity index (χ0v) is 11.9. The van der Waals surface area contributed by atoms with E-state index in [2.05, 4.69) is 4.98 Å². The Balaban J connectivity index is 1.80. The normalized spacial score (nSPS) is 10.4. The van der Waals surface area contributed by atoms with Gasteiger partial charge in [0.05, 0.1) is 11.9 Å². The van der Waals surface area contributed by atoms with Crippen molar-refractivity contribution in [3.05, 3.63) is 78.2 Å². The lowest BCUT2D eigenvalue weighted by molar-refractivity contribution is 0.306. The average Bonchev–Trinajstić information content (AvgIpc) is 2.54. The maximum Gasteiger partial charge on any atom is 0.151 e. The van der Waals surface area contributed by atoms with Crippen LogP contribution >= 0.6 is 0 Å². The largest absolute Gasteiger partial charge is 0.489 e. The average molecular weight is 294 g/mol. The predicted octanol–water partition coefficient (Wildman–Crippen LogP) is 4.05. The minimum absolute atomic E-state index is 0.263. The summed E-state index contributed by atoms with van der Waals surface area (Å²) < 4.78 is 19.7. The van der Waals surface area contributed by atoms with Gasteiger partial charge in [-0.3, -0.25) is 4.98 Å². The molecule has 2 N–H and O–H groups in total. The number of rotatable bonds is 4. The zero-order valence-electron chi connectivity index (χ0n) is 11.9. The van der Waals surface area contributed by atoms with Gasteiger partial charge in [0, 0.05) is 11.6 Å². The third-order valence-electron chi connectivity index (χ3n) is 3.22. The molecule has 0 atom stereocenters. The first-order valence-corrected chi connectivity index (χ1v) is 6.90. The Morgan fingerprint density at radius 3 is 2.59 bits per heavy atom. The second-order valence-electron chi connectivity index (χ2n) is 4.90. The second-order valence-corrected chi connectivity index (χ2v) is 4.90. The Kier molecular flexibility index (Phi) is 4.01. The molecule has 0 saturated carbocycles. The lowest BCUT2D eigenvalue weighted by atomic mass is 10.1. The molecule has 3 aromatic rings. The molecule has 1 heterocycles. The van der Waals surface area contributed by atoms with Gasteiger partial charge in [0.1, 0.15) is 18.1 Å². The van der Waals surface area contributed by atoms with Gasteiger partial charge < -0.3 is 10.5 Å². The number of anilines is 1. The Labute approximate surface area is 128 Å². The number of nitrogens with two attached hydrogens (primary N) is 1. The summed E-state index contributed by atoms with van der Waals surface area (Å²) in [5.74, 6) is 0.222. The van der Waals surface area contributed by atoms with Gasteiger partial charge in [-0.15, -0.1) is 0 Å². The van der Waals surface area contributed by atoms with Gasteiger partial charge in [-0.2, -0.15) is 0 Å². The molecule has 0 fully saturated rings. The number of ether oxygens (including phenoxy) is 1. The third kappa shape index (κ3) is 3.23. The standard InChI is InChI=1S/C18H15FN2O/c19-17-10-15(20)11-21-18(17)14-7-4-8-16(9-14)22-12-13-5-2-1-3-6-13/h1-11H,12,20H2. The van der Waals surface area contributed by atoms with Crippen LogP contribution in [0.5, 0.6) is 5.75 Å². The maximum atomic E-state index is 13.9. The number of hydrogen-bond donors (Lipinski definition) is 1. The van der Waals surface area contributed by atoms with E-state index in [0.29, 0.717) is 23.6 Å². The Hall–Kier alpha value is -2.88. The quantitative estimate of drug-likeness (QED) is 0.789. The van der Waals surface area contributed by atoms with E-state index < -0.39 is 5.82 Å². The molecule has 0 aliphatic rings. The van der Waals surface area contributed by atoms with Crippen LogP contribution in [0, 0.1) is 5.82 Å². The van der Waals surface area contributed by atoms with E-state index >= 15 is 0 Å². The van der Waals surface area contributed by atoms with Crippen molar-refractivity contribution in [1.82, 2.24) is 4.98 Å². The van der Waals surface area contributed by atoms with Crippen LogP contribution < -0.4 is 10.5 Å². The molecule has 0 bridgehead atoms. The molecular formula is C18H15FN2O. The van der Waals surface area contributed by atoms with Crippen LogP contribution in [-0.4, -0.2) is 4.98 Å². The molecule has 0 radical (unpaired) electrons. The minimum Gasteiger partial charge on any atom is -0.489 e. The molecule has 0 aliphatic carbocycles. The van der Waals surface area contributed by atoms with Crippen LogP contribution in [0.4, 0.5) is 10.1 Å². The molecule has 110 valence electrons. The van der Waals surface area contributed by atoms with E-state index in [9.17, 15) is 4.39 Å². The Morgan fingerprint density at radius 2 is 1.82 bits per heavy atom. The van der Waals surface area contributed by atoms with E-state index in [1.807, 2.05) is 42.5 Å². The summed E-state index contributed by atoms with van der Waals surface area (Å²) in [4.78, 5) is 4.05. The van der Waals surface area contributed by atoms with Crippen LogP contribution in [0.1, 0.15) is 5.56 Å². The first kappa shape index (κ1) is 14.1. The smallest absolute Gasteiger partial charge is 0.151 e. The van der Waals surface area contributed by atoms with Gasteiger partial charge in [0.25, 0.3) is 0 Å². The van der Waals surface area contributed by atoms with Crippen LogP contribution in [0.15, 0.2) is 66.9 Å². The number of pyridine rings is 1. The minimum atomic E-state index is -0.444. The summed E-state index contributed by atoms with van der Waals surface area (Å²) in [7, 11) is 0. The number of halogens is 1. The molecule has 4 heteroatoms. The van der Waals surface area contributed by atoms with E-state index in [1.165, 1.54) is 12.3 Å². The number of aromatic nitrogens is 1. The van der Waals surface area contributed by atoms with Gasteiger partial charge in [-0.1, -0.05) is 42.5 Å². The molecule has 0 unspecified atom stereocenters. The summed E-state index contributed by atoms with van der Waals surface area (Å²) in [6.07, 6.45) is 1.44. The monoisotopic (exact) mass is 294 g/mol. The van der Waals surface area contributed by atoms with E-state index in [1.54, 1.807) is 12.1 Å². The molecule has 22 heavy (non-hydrogen) atoms. The summed E-state index contributed by atoms with van der Waals surface area (Å²) in [6, 6.07) is 18.3. The Bertz CT molecular complexity index is 775. The topological polar surface area (TPSA) is 48.1 Å². The van der Waals surface area contributed by atoms with Crippen LogP contribution in [0.25, 0.3) is 11.3 Å². The molecule has 0 saturated heterocycles. The predicted molar refractivity (Wildman–Crippen MR) is 84.8 cm³/mol. The number of nitrogens with zero attached hydrogens (tertiary/aromatic N) is 1. The van der Waals surface area contributed by atoms with E-state index in [0.717, 1.165) is 5.56 Å². The summed E-state index contributed by atoms with van der Waals surface area (Å²) in [5, 5.41) is 0. The molecular weight excluding hydrogens is 279 g/mol. The molecule has 0 amide bonds. The van der Waals surface area contributed by atoms with Crippen LogP contribution in [0.3, 0.4) is 0 Å². The number of nitrogen functional groups attached to an aromatic ring is 1. The highest BCUT2D eigenvalue weighted by Crippen LogP contribution is 2.25. The first-order chi connectivity index (χ1) is 10.7. The summed E-state index contributed by atoms with van der Waals surface area (Å²) >= 11 is 0. The van der Waals surface area contributed by atoms with E-state index in [-0.39, 0.29) is 5.69 Å². The fraction of sp³-hybridized carbons (Fsp3) is 0.0556. The van der Waals surface area contributed by atoms with Gasteiger partial charge in [-0.25, -0.2) is 4.39 Å². The molecule has 0 spiro atoms. The summed E-state index contributed by atoms with van der Waals surface area (Å²) in [5.41, 5.74) is 7.82. The van der Waals surface area contributed by atoms with Crippen molar-refractivity contribution in [2.75, 3.05) is 5.73 Å². The van der Waals surface area contributed by atoms with Crippen molar-refractivity contribution in [3.8, 4) is 17.0 Å². The van der Waals surface area contributed by atoms with Crippen molar-refractivity contribution in [1.29, 1.82) is 0 Å². The van der Waals surface area contributed by atoms with Crippen LogP contribution in [-0.2, 0) is 6.61 Å². The molecule has 3 nitrogen and oxygen atoms in total.